The number of hydrogen-bond donors (Lipinski definition) is 1. The van der Waals surface area contributed by atoms with Crippen molar-refractivity contribution < 1.29 is 24.1 Å². The number of rotatable bonds is 6. The van der Waals surface area contributed by atoms with Crippen LogP contribution in [-0.4, -0.2) is 62.4 Å². The van der Waals surface area contributed by atoms with Gasteiger partial charge in [-0.3, -0.25) is 4.57 Å². The zero-order chi connectivity index (χ0) is 21.6. The molecule has 1 N–H and O–H groups in total. The van der Waals surface area contributed by atoms with Crippen molar-refractivity contribution in [3.05, 3.63) is 42.5 Å². The fraction of sp³-hybridized carbons (Fsp3) is 0.476. The number of methoxy groups -OCH3 is 1. The Kier molecular flexibility index (Phi) is 5.35. The first kappa shape index (κ1) is 20.7. The van der Waals surface area contributed by atoms with Crippen molar-refractivity contribution in [2.75, 3.05) is 13.7 Å². The molecule has 0 spiro atoms. The Morgan fingerprint density at radius 3 is 2.65 bits per heavy atom. The first-order valence-corrected chi connectivity index (χ1v) is 11.0. The number of ether oxygens (including phenoxy) is 4. The van der Waals surface area contributed by atoms with Crippen LogP contribution in [0.25, 0.3) is 11.2 Å². The van der Waals surface area contributed by atoms with E-state index in [1.807, 2.05) is 42.7 Å². The number of imidazole rings is 1. The third-order valence-corrected chi connectivity index (χ3v) is 6.49. The maximum absolute atomic E-state index is 9.74. The van der Waals surface area contributed by atoms with Crippen LogP contribution in [-0.2, 0) is 20.0 Å². The highest BCUT2D eigenvalue weighted by atomic mass is 32.2. The van der Waals surface area contributed by atoms with Crippen LogP contribution in [0.15, 0.2) is 41.9 Å². The maximum Gasteiger partial charge on any atom is 0.166 e. The summed E-state index contributed by atoms with van der Waals surface area (Å²) in [6.45, 7) is 3.57. The maximum atomic E-state index is 9.74. The fourth-order valence-corrected chi connectivity index (χ4v) is 4.92. The summed E-state index contributed by atoms with van der Waals surface area (Å²) >= 11 is 1.59. The molecule has 9 nitrogen and oxygen atoms in total. The molecule has 2 aliphatic rings. The molecule has 2 fully saturated rings. The Bertz CT molecular complexity index is 1070. The van der Waals surface area contributed by atoms with Gasteiger partial charge in [0.25, 0.3) is 0 Å². The molecule has 0 bridgehead atoms. The van der Waals surface area contributed by atoms with Gasteiger partial charge in [-0.1, -0.05) is 23.9 Å². The summed E-state index contributed by atoms with van der Waals surface area (Å²) in [7, 11) is 1.65. The molecule has 31 heavy (non-hydrogen) atoms. The Balaban J connectivity index is 1.40. The summed E-state index contributed by atoms with van der Waals surface area (Å²) in [6.07, 6.45) is 1.53. The highest BCUT2D eigenvalue weighted by Gasteiger charge is 2.55. The quantitative estimate of drug-likeness (QED) is 0.454. The molecule has 1 aromatic carbocycles. The lowest BCUT2D eigenvalue weighted by atomic mass is 10.1. The number of thioether (sulfide) groups is 1. The molecule has 2 aromatic heterocycles. The van der Waals surface area contributed by atoms with Crippen LogP contribution in [0.5, 0.6) is 5.75 Å². The fourth-order valence-electron chi connectivity index (χ4n) is 4.03. The van der Waals surface area contributed by atoms with Crippen molar-refractivity contribution in [2.24, 2.45) is 0 Å². The second-order valence-corrected chi connectivity index (χ2v) is 8.92. The van der Waals surface area contributed by atoms with E-state index in [9.17, 15) is 5.11 Å². The molecule has 2 saturated heterocycles. The molecule has 0 amide bonds. The predicted octanol–water partition coefficient (Wildman–Crippen LogP) is 2.54. The number of aliphatic hydroxyl groups excluding tert-OH is 1. The van der Waals surface area contributed by atoms with Crippen molar-refractivity contribution in [3.8, 4) is 5.75 Å². The number of fused-ring (bicyclic) bond motifs is 2. The lowest BCUT2D eigenvalue weighted by Gasteiger charge is -2.24. The summed E-state index contributed by atoms with van der Waals surface area (Å²) in [5, 5.41) is 10.5. The van der Waals surface area contributed by atoms with Crippen molar-refractivity contribution in [1.29, 1.82) is 0 Å². The molecule has 10 heteroatoms. The Labute approximate surface area is 183 Å². The molecule has 1 unspecified atom stereocenters. The van der Waals surface area contributed by atoms with E-state index in [0.29, 0.717) is 11.2 Å². The van der Waals surface area contributed by atoms with E-state index in [1.165, 1.54) is 6.33 Å². The van der Waals surface area contributed by atoms with E-state index in [2.05, 4.69) is 15.0 Å². The van der Waals surface area contributed by atoms with E-state index >= 15 is 0 Å². The third-order valence-electron chi connectivity index (χ3n) is 5.44. The van der Waals surface area contributed by atoms with Gasteiger partial charge in [0, 0.05) is 5.75 Å². The van der Waals surface area contributed by atoms with Crippen LogP contribution in [0.2, 0.25) is 0 Å². The molecular formula is C21H24N4O5S. The lowest BCUT2D eigenvalue weighted by molar-refractivity contribution is -0.199. The molecule has 164 valence electrons. The number of aliphatic hydroxyl groups is 1. The van der Waals surface area contributed by atoms with Crippen molar-refractivity contribution >= 4 is 22.9 Å². The van der Waals surface area contributed by atoms with Crippen molar-refractivity contribution in [1.82, 2.24) is 19.5 Å². The van der Waals surface area contributed by atoms with E-state index in [-0.39, 0.29) is 18.8 Å². The molecule has 3 aromatic rings. The molecule has 4 heterocycles. The summed E-state index contributed by atoms with van der Waals surface area (Å²) in [4.78, 5) is 13.4. The highest BCUT2D eigenvalue weighted by Crippen LogP contribution is 2.43. The lowest BCUT2D eigenvalue weighted by Crippen LogP contribution is -2.31. The van der Waals surface area contributed by atoms with Gasteiger partial charge in [-0.15, -0.1) is 0 Å². The summed E-state index contributed by atoms with van der Waals surface area (Å²) in [5.41, 5.74) is 2.51. The number of benzene rings is 1. The molecule has 0 aliphatic carbocycles. The minimum Gasteiger partial charge on any atom is -0.497 e. The van der Waals surface area contributed by atoms with E-state index < -0.39 is 18.1 Å². The monoisotopic (exact) mass is 444 g/mol. The minimum atomic E-state index is -0.741. The second-order valence-electron chi connectivity index (χ2n) is 7.95. The van der Waals surface area contributed by atoms with Gasteiger partial charge in [0.15, 0.2) is 17.7 Å². The van der Waals surface area contributed by atoms with Gasteiger partial charge in [0.1, 0.15) is 40.9 Å². The Morgan fingerprint density at radius 1 is 1.13 bits per heavy atom. The zero-order valence-electron chi connectivity index (χ0n) is 17.5. The zero-order valence-corrected chi connectivity index (χ0v) is 18.3. The van der Waals surface area contributed by atoms with Gasteiger partial charge in [-0.25, -0.2) is 15.0 Å². The van der Waals surface area contributed by atoms with Gasteiger partial charge < -0.3 is 24.1 Å². The van der Waals surface area contributed by atoms with Gasteiger partial charge in [0.2, 0.25) is 0 Å². The van der Waals surface area contributed by atoms with Crippen LogP contribution in [0.4, 0.5) is 0 Å². The summed E-state index contributed by atoms with van der Waals surface area (Å²) in [6, 6.07) is 7.95. The van der Waals surface area contributed by atoms with Gasteiger partial charge in [-0.2, -0.15) is 0 Å². The molecule has 0 radical (unpaired) electrons. The molecule has 4 atom stereocenters. The van der Waals surface area contributed by atoms with E-state index in [1.54, 1.807) is 25.2 Å². The SMILES string of the molecule is COc1ccc(CSc2ncnc3c2ncn3[C@@H]2O[C@H](CO)[C@@H]3OC(C)(C)OC32)cc1. The van der Waals surface area contributed by atoms with Gasteiger partial charge in [0.05, 0.1) is 20.0 Å². The first-order chi connectivity index (χ1) is 15.0. The largest absolute Gasteiger partial charge is 0.497 e. The number of nitrogens with zero attached hydrogens (tertiary/aromatic N) is 4. The van der Waals surface area contributed by atoms with Crippen LogP contribution in [0, 0.1) is 0 Å². The summed E-state index contributed by atoms with van der Waals surface area (Å²) < 4.78 is 25.1. The van der Waals surface area contributed by atoms with Crippen molar-refractivity contribution in [3.63, 3.8) is 0 Å². The van der Waals surface area contributed by atoms with Crippen LogP contribution in [0.3, 0.4) is 0 Å². The molecule has 0 saturated carbocycles. The predicted molar refractivity (Wildman–Crippen MR) is 113 cm³/mol. The standard InChI is InChI=1S/C21H24N4O5S/c1-21(2)29-16-14(8-26)28-20(17(16)30-21)25-11-24-15-18(25)22-10-23-19(15)31-9-12-4-6-13(27-3)7-5-12/h4-7,10-11,14,16-17,20,26H,8-9H2,1-3H3/t14-,16+,17?,20-/m1/s1. The molecule has 2 aliphatic heterocycles. The topological polar surface area (TPSA) is 101 Å². The highest BCUT2D eigenvalue weighted by molar-refractivity contribution is 7.98. The second kappa shape index (κ2) is 8.03. The Morgan fingerprint density at radius 2 is 1.90 bits per heavy atom. The third kappa shape index (κ3) is 3.79. The number of aromatic nitrogens is 4. The van der Waals surface area contributed by atoms with Crippen LogP contribution >= 0.6 is 11.8 Å². The number of hydrogen-bond acceptors (Lipinski definition) is 9. The normalized spacial score (nSPS) is 27.0. The van der Waals surface area contributed by atoms with Crippen molar-refractivity contribution in [2.45, 2.75) is 55.0 Å². The van der Waals surface area contributed by atoms with Crippen LogP contribution < -0.4 is 4.74 Å². The van der Waals surface area contributed by atoms with Crippen LogP contribution in [0.1, 0.15) is 25.6 Å². The molecular weight excluding hydrogens is 420 g/mol. The van der Waals surface area contributed by atoms with Gasteiger partial charge >= 0.3 is 0 Å². The molecule has 5 rings (SSSR count). The summed E-state index contributed by atoms with van der Waals surface area (Å²) in [5.74, 6) is 0.829. The van der Waals surface area contributed by atoms with E-state index in [4.69, 9.17) is 18.9 Å². The van der Waals surface area contributed by atoms with E-state index in [0.717, 1.165) is 22.1 Å². The minimum absolute atomic E-state index is 0.151. The Hall–Kier alpha value is -2.24. The average molecular weight is 445 g/mol. The van der Waals surface area contributed by atoms with Gasteiger partial charge in [-0.05, 0) is 31.5 Å². The average Bonchev–Trinajstić information content (AvgIpc) is 3.43. The smallest absolute Gasteiger partial charge is 0.166 e. The first-order valence-electron chi connectivity index (χ1n) is 10.0.